The summed E-state index contributed by atoms with van der Waals surface area (Å²) in [6.07, 6.45) is 9.73. The van der Waals surface area contributed by atoms with E-state index in [-0.39, 0.29) is 11.3 Å². The monoisotopic (exact) mass is 469 g/mol. The van der Waals surface area contributed by atoms with Crippen molar-refractivity contribution < 1.29 is 14.3 Å². The van der Waals surface area contributed by atoms with E-state index in [9.17, 15) is 9.59 Å². The quantitative estimate of drug-likeness (QED) is 0.658. The normalized spacial score (nSPS) is 23.4. The fourth-order valence-corrected chi connectivity index (χ4v) is 6.00. The third-order valence-electron chi connectivity index (χ3n) is 8.43. The molecule has 2 saturated heterocycles. The maximum Gasteiger partial charge on any atom is 0.228 e. The standard InChI is InChI=1S/C28H43N3O3/c1-29-16-11-23(12-17-29)22-26(32)31-18-14-28(15-19-31)13-7-3-4-8-24-9-5-6-10-25(24)34-21-20-30(2)27(28)33/h5-6,9-10,23H,3-4,7-8,11-22H2,1-2H3. The molecule has 0 aliphatic carbocycles. The topological polar surface area (TPSA) is 53.1 Å². The SMILES string of the molecule is CN1CCC(CC(=O)N2CCC3(CCCCCc4ccccc4OCCN(C)C3=O)CC2)CC1. The van der Waals surface area contributed by atoms with E-state index in [1.54, 1.807) is 0 Å². The highest BCUT2D eigenvalue weighted by atomic mass is 16.5. The Kier molecular flexibility index (Phi) is 8.51. The number of benzene rings is 1. The van der Waals surface area contributed by atoms with Crippen LogP contribution in [0.2, 0.25) is 0 Å². The van der Waals surface area contributed by atoms with Gasteiger partial charge in [-0.2, -0.15) is 0 Å². The first-order valence-electron chi connectivity index (χ1n) is 13.4. The van der Waals surface area contributed by atoms with Crippen LogP contribution in [0, 0.1) is 11.3 Å². The number of amides is 2. The summed E-state index contributed by atoms with van der Waals surface area (Å²) < 4.78 is 6.07. The van der Waals surface area contributed by atoms with Gasteiger partial charge in [0.1, 0.15) is 12.4 Å². The van der Waals surface area contributed by atoms with Gasteiger partial charge in [0.2, 0.25) is 11.8 Å². The zero-order valence-electron chi connectivity index (χ0n) is 21.3. The van der Waals surface area contributed by atoms with Crippen LogP contribution in [0.4, 0.5) is 0 Å². The maximum atomic E-state index is 13.7. The van der Waals surface area contributed by atoms with Crippen molar-refractivity contribution in [2.45, 2.75) is 64.2 Å². The highest BCUT2D eigenvalue weighted by Crippen LogP contribution is 2.39. The average molecular weight is 470 g/mol. The van der Waals surface area contributed by atoms with Gasteiger partial charge in [-0.15, -0.1) is 0 Å². The molecule has 3 aliphatic heterocycles. The summed E-state index contributed by atoms with van der Waals surface area (Å²) in [5, 5.41) is 0. The number of likely N-dealkylation sites (tertiary alicyclic amines) is 2. The van der Waals surface area contributed by atoms with E-state index in [1.807, 2.05) is 29.0 Å². The molecule has 34 heavy (non-hydrogen) atoms. The molecule has 2 amide bonds. The van der Waals surface area contributed by atoms with Crippen LogP contribution in [-0.4, -0.2) is 79.9 Å². The summed E-state index contributed by atoms with van der Waals surface area (Å²) in [6.45, 7) is 4.72. The molecule has 0 atom stereocenters. The summed E-state index contributed by atoms with van der Waals surface area (Å²) in [7, 11) is 4.07. The molecule has 1 aromatic rings. The minimum atomic E-state index is -0.333. The third-order valence-corrected chi connectivity index (χ3v) is 8.43. The number of nitrogens with zero attached hydrogens (tertiary/aromatic N) is 3. The summed E-state index contributed by atoms with van der Waals surface area (Å²) in [5.41, 5.74) is 0.932. The van der Waals surface area contributed by atoms with Crippen LogP contribution < -0.4 is 4.74 Å². The average Bonchev–Trinajstić information content (AvgIpc) is 2.86. The van der Waals surface area contributed by atoms with E-state index in [4.69, 9.17) is 4.74 Å². The lowest BCUT2D eigenvalue weighted by Crippen LogP contribution is -2.51. The van der Waals surface area contributed by atoms with Gasteiger partial charge in [0.05, 0.1) is 12.0 Å². The molecule has 6 heteroatoms. The van der Waals surface area contributed by atoms with Crippen molar-refractivity contribution >= 4 is 11.8 Å². The molecule has 1 aromatic carbocycles. The first-order chi connectivity index (χ1) is 16.5. The van der Waals surface area contributed by atoms with Crippen LogP contribution in [0.3, 0.4) is 0 Å². The lowest BCUT2D eigenvalue weighted by molar-refractivity contribution is -0.148. The van der Waals surface area contributed by atoms with E-state index < -0.39 is 0 Å². The van der Waals surface area contributed by atoms with Gasteiger partial charge < -0.3 is 19.4 Å². The second-order valence-corrected chi connectivity index (χ2v) is 10.9. The van der Waals surface area contributed by atoms with Gasteiger partial charge in [0.15, 0.2) is 0 Å². The zero-order valence-corrected chi connectivity index (χ0v) is 21.3. The first-order valence-corrected chi connectivity index (χ1v) is 13.4. The smallest absolute Gasteiger partial charge is 0.228 e. The van der Waals surface area contributed by atoms with E-state index in [0.717, 1.165) is 76.6 Å². The molecule has 1 spiro atoms. The predicted molar refractivity (Wildman–Crippen MR) is 135 cm³/mol. The first kappa shape index (κ1) is 25.0. The highest BCUT2D eigenvalue weighted by Gasteiger charge is 2.43. The molecule has 0 saturated carbocycles. The number of likely N-dealkylation sites (N-methyl/N-ethyl adjacent to an activating group) is 1. The van der Waals surface area contributed by atoms with Crippen LogP contribution in [0.5, 0.6) is 5.75 Å². The lowest BCUT2D eigenvalue weighted by atomic mass is 9.73. The van der Waals surface area contributed by atoms with Crippen molar-refractivity contribution in [3.05, 3.63) is 29.8 Å². The summed E-state index contributed by atoms with van der Waals surface area (Å²) >= 11 is 0. The van der Waals surface area contributed by atoms with Gasteiger partial charge in [-0.25, -0.2) is 0 Å². The molecule has 188 valence electrons. The summed E-state index contributed by atoms with van der Waals surface area (Å²) in [5.74, 6) is 2.00. The summed E-state index contributed by atoms with van der Waals surface area (Å²) in [6, 6.07) is 8.29. The molecule has 4 rings (SSSR count). The van der Waals surface area contributed by atoms with Crippen molar-refractivity contribution in [3.63, 3.8) is 0 Å². The van der Waals surface area contributed by atoms with Crippen LogP contribution in [0.1, 0.15) is 63.4 Å². The van der Waals surface area contributed by atoms with Gasteiger partial charge in [0, 0.05) is 26.6 Å². The van der Waals surface area contributed by atoms with Gasteiger partial charge in [-0.1, -0.05) is 31.0 Å². The van der Waals surface area contributed by atoms with Crippen molar-refractivity contribution in [2.75, 3.05) is 53.4 Å². The Balaban J connectivity index is 1.36. The Morgan fingerprint density at radius 2 is 1.71 bits per heavy atom. The molecule has 0 unspecified atom stereocenters. The largest absolute Gasteiger partial charge is 0.491 e. The Morgan fingerprint density at radius 3 is 2.47 bits per heavy atom. The predicted octanol–water partition coefficient (Wildman–Crippen LogP) is 3.98. The van der Waals surface area contributed by atoms with Gasteiger partial charge in [-0.05, 0) is 82.6 Å². The number of carbonyl (C=O) groups excluding carboxylic acids is 2. The number of aryl methyl sites for hydroxylation is 1. The Morgan fingerprint density at radius 1 is 0.971 bits per heavy atom. The Labute approximate surface area is 205 Å². The van der Waals surface area contributed by atoms with E-state index >= 15 is 0 Å². The number of hydrogen-bond donors (Lipinski definition) is 0. The molecule has 0 aromatic heterocycles. The van der Waals surface area contributed by atoms with E-state index in [1.165, 1.54) is 5.56 Å². The molecule has 2 fully saturated rings. The van der Waals surface area contributed by atoms with Gasteiger partial charge in [-0.3, -0.25) is 9.59 Å². The van der Waals surface area contributed by atoms with Crippen molar-refractivity contribution in [3.8, 4) is 5.75 Å². The van der Waals surface area contributed by atoms with Crippen molar-refractivity contribution in [2.24, 2.45) is 11.3 Å². The van der Waals surface area contributed by atoms with Crippen LogP contribution in [0.25, 0.3) is 0 Å². The van der Waals surface area contributed by atoms with Gasteiger partial charge in [0.25, 0.3) is 0 Å². The van der Waals surface area contributed by atoms with Crippen LogP contribution in [0.15, 0.2) is 24.3 Å². The zero-order chi connectivity index (χ0) is 24.0. The van der Waals surface area contributed by atoms with Crippen LogP contribution >= 0.6 is 0 Å². The number of ether oxygens (including phenoxy) is 1. The molecule has 6 nitrogen and oxygen atoms in total. The number of carbonyl (C=O) groups is 2. The van der Waals surface area contributed by atoms with Crippen LogP contribution in [-0.2, 0) is 16.0 Å². The maximum absolute atomic E-state index is 13.7. The number of para-hydroxylation sites is 1. The number of piperidine rings is 2. The highest BCUT2D eigenvalue weighted by molar-refractivity contribution is 5.83. The van der Waals surface area contributed by atoms with Gasteiger partial charge >= 0.3 is 0 Å². The van der Waals surface area contributed by atoms with E-state index in [0.29, 0.717) is 44.5 Å². The molecule has 0 N–H and O–H groups in total. The Hall–Kier alpha value is -2.08. The number of rotatable bonds is 2. The fourth-order valence-electron chi connectivity index (χ4n) is 6.00. The fraction of sp³-hybridized carbons (Fsp3) is 0.714. The van der Waals surface area contributed by atoms with Crippen molar-refractivity contribution in [1.82, 2.24) is 14.7 Å². The molecule has 3 aliphatic rings. The molecule has 3 heterocycles. The second-order valence-electron chi connectivity index (χ2n) is 10.9. The molecular formula is C28H43N3O3. The van der Waals surface area contributed by atoms with Crippen molar-refractivity contribution in [1.29, 1.82) is 0 Å². The molecular weight excluding hydrogens is 426 g/mol. The number of hydrogen-bond acceptors (Lipinski definition) is 4. The minimum Gasteiger partial charge on any atom is -0.491 e. The lowest BCUT2D eigenvalue weighted by Gasteiger charge is -2.43. The van der Waals surface area contributed by atoms with E-state index in [2.05, 4.69) is 24.1 Å². The number of fused-ring (bicyclic) bond motifs is 1. The third kappa shape index (κ3) is 6.12. The minimum absolute atomic E-state index is 0.242. The second kappa shape index (κ2) is 11.6. The Bertz CT molecular complexity index is 826. The summed E-state index contributed by atoms with van der Waals surface area (Å²) in [4.78, 5) is 32.9. The molecule has 0 bridgehead atoms. The molecule has 0 radical (unpaired) electrons.